The summed E-state index contributed by atoms with van der Waals surface area (Å²) in [5.41, 5.74) is 4.12. The van der Waals surface area contributed by atoms with Crippen LogP contribution in [0.15, 0.2) is 36.5 Å². The highest BCUT2D eigenvalue weighted by Gasteiger charge is 2.30. The first-order valence-corrected chi connectivity index (χ1v) is 8.48. The monoisotopic (exact) mass is 324 g/mol. The van der Waals surface area contributed by atoms with E-state index in [1.165, 1.54) is 0 Å². The number of thioether (sulfide) groups is 1. The number of benzene rings is 1. The van der Waals surface area contributed by atoms with Crippen LogP contribution in [0.2, 0.25) is 0 Å². The van der Waals surface area contributed by atoms with E-state index in [0.717, 1.165) is 33.5 Å². The van der Waals surface area contributed by atoms with Crippen molar-refractivity contribution in [1.29, 1.82) is 0 Å². The molecule has 0 saturated heterocycles. The van der Waals surface area contributed by atoms with Gasteiger partial charge in [-0.25, -0.2) is 0 Å². The van der Waals surface area contributed by atoms with Crippen molar-refractivity contribution in [1.82, 2.24) is 14.8 Å². The molecular weight excluding hydrogens is 308 g/mol. The number of carbonyl (C=O) groups excluding carboxylic acids is 1. The van der Waals surface area contributed by atoms with Crippen LogP contribution in [-0.4, -0.2) is 26.4 Å². The van der Waals surface area contributed by atoms with Crippen molar-refractivity contribution in [3.63, 3.8) is 0 Å². The number of anilines is 1. The van der Waals surface area contributed by atoms with Crippen LogP contribution in [0.1, 0.15) is 22.1 Å². The highest BCUT2D eigenvalue weighted by molar-refractivity contribution is 8.00. The van der Waals surface area contributed by atoms with Gasteiger partial charge in [0, 0.05) is 24.2 Å². The van der Waals surface area contributed by atoms with Crippen LogP contribution in [-0.2, 0) is 11.8 Å². The molecule has 5 nitrogen and oxygen atoms in total. The Labute approximate surface area is 138 Å². The van der Waals surface area contributed by atoms with Crippen LogP contribution in [0.25, 0.3) is 10.9 Å². The third-order valence-electron chi connectivity index (χ3n) is 4.12. The second-order valence-corrected chi connectivity index (χ2v) is 6.73. The average Bonchev–Trinajstić information content (AvgIpc) is 2.72. The SMILES string of the molecule is Cc1nn(C)c2c1[C@@H](c1cccc3cccnc13)SCC(=O)N2. The smallest absolute Gasteiger partial charge is 0.235 e. The summed E-state index contributed by atoms with van der Waals surface area (Å²) in [6.07, 6.45) is 1.81. The molecule has 0 fully saturated rings. The third-order valence-corrected chi connectivity index (χ3v) is 5.37. The van der Waals surface area contributed by atoms with Gasteiger partial charge in [0.05, 0.1) is 22.2 Å². The molecule has 2 aromatic heterocycles. The molecule has 0 aliphatic carbocycles. The van der Waals surface area contributed by atoms with Gasteiger partial charge in [0.1, 0.15) is 5.82 Å². The normalized spacial score (nSPS) is 17.7. The lowest BCUT2D eigenvalue weighted by atomic mass is 10.0. The molecule has 1 aromatic carbocycles. The van der Waals surface area contributed by atoms with Crippen molar-refractivity contribution in [2.75, 3.05) is 11.1 Å². The molecule has 116 valence electrons. The molecule has 6 heteroatoms. The summed E-state index contributed by atoms with van der Waals surface area (Å²) in [4.78, 5) is 16.6. The Morgan fingerprint density at radius 1 is 1.30 bits per heavy atom. The second-order valence-electron chi connectivity index (χ2n) is 5.63. The Balaban J connectivity index is 1.96. The minimum Gasteiger partial charge on any atom is -0.310 e. The Bertz CT molecular complexity index is 913. The Morgan fingerprint density at radius 3 is 3.00 bits per heavy atom. The fraction of sp³-hybridized carbons (Fsp3) is 0.235. The van der Waals surface area contributed by atoms with E-state index >= 15 is 0 Å². The summed E-state index contributed by atoms with van der Waals surface area (Å²) in [7, 11) is 1.86. The number of para-hydroxylation sites is 1. The van der Waals surface area contributed by atoms with E-state index in [1.807, 2.05) is 32.3 Å². The molecule has 1 aliphatic heterocycles. The molecule has 1 atom stereocenters. The lowest BCUT2D eigenvalue weighted by Gasteiger charge is -2.16. The van der Waals surface area contributed by atoms with Crippen LogP contribution >= 0.6 is 11.8 Å². The van der Waals surface area contributed by atoms with Crippen molar-refractivity contribution in [3.8, 4) is 0 Å². The van der Waals surface area contributed by atoms with Crippen molar-refractivity contribution in [3.05, 3.63) is 53.3 Å². The number of aromatic nitrogens is 3. The summed E-state index contributed by atoms with van der Waals surface area (Å²) in [6.45, 7) is 1.99. The van der Waals surface area contributed by atoms with E-state index in [9.17, 15) is 4.79 Å². The van der Waals surface area contributed by atoms with Gasteiger partial charge in [-0.3, -0.25) is 14.5 Å². The van der Waals surface area contributed by atoms with E-state index < -0.39 is 0 Å². The van der Waals surface area contributed by atoms with E-state index in [4.69, 9.17) is 0 Å². The lowest BCUT2D eigenvalue weighted by Crippen LogP contribution is -2.15. The number of nitrogens with one attached hydrogen (secondary N) is 1. The summed E-state index contributed by atoms with van der Waals surface area (Å²) < 4.78 is 1.75. The van der Waals surface area contributed by atoms with Gasteiger partial charge in [-0.2, -0.15) is 5.10 Å². The number of fused-ring (bicyclic) bond motifs is 2. The van der Waals surface area contributed by atoms with Crippen LogP contribution in [0.3, 0.4) is 0 Å². The third kappa shape index (κ3) is 2.30. The summed E-state index contributed by atoms with van der Waals surface area (Å²) in [5.74, 6) is 1.22. The van der Waals surface area contributed by atoms with Gasteiger partial charge < -0.3 is 5.32 Å². The molecule has 3 aromatic rings. The van der Waals surface area contributed by atoms with Crippen molar-refractivity contribution < 1.29 is 4.79 Å². The van der Waals surface area contributed by atoms with Gasteiger partial charge in [-0.1, -0.05) is 24.3 Å². The Kier molecular flexibility index (Phi) is 3.34. The number of rotatable bonds is 1. The topological polar surface area (TPSA) is 59.8 Å². The predicted molar refractivity (Wildman–Crippen MR) is 92.6 cm³/mol. The summed E-state index contributed by atoms with van der Waals surface area (Å²) >= 11 is 1.62. The number of amides is 1. The second kappa shape index (κ2) is 5.38. The minimum absolute atomic E-state index is 0.00921. The average molecular weight is 324 g/mol. The molecular formula is C17H16N4OS. The highest BCUT2D eigenvalue weighted by Crippen LogP contribution is 2.44. The van der Waals surface area contributed by atoms with Crippen molar-refractivity contribution in [2.45, 2.75) is 12.2 Å². The van der Waals surface area contributed by atoms with Gasteiger partial charge >= 0.3 is 0 Å². The zero-order valence-corrected chi connectivity index (χ0v) is 13.7. The lowest BCUT2D eigenvalue weighted by molar-refractivity contribution is -0.113. The van der Waals surface area contributed by atoms with Gasteiger partial charge in [0.2, 0.25) is 5.91 Å². The molecule has 1 amide bonds. The maximum Gasteiger partial charge on any atom is 0.235 e. The summed E-state index contributed by atoms with van der Waals surface area (Å²) in [5, 5.41) is 8.62. The number of hydrogen-bond acceptors (Lipinski definition) is 4. The zero-order chi connectivity index (χ0) is 16.0. The summed E-state index contributed by atoms with van der Waals surface area (Å²) in [6, 6.07) is 10.2. The largest absolute Gasteiger partial charge is 0.310 e. The molecule has 0 radical (unpaired) electrons. The Hall–Kier alpha value is -2.34. The molecule has 3 heterocycles. The van der Waals surface area contributed by atoms with Gasteiger partial charge in [-0.15, -0.1) is 11.8 Å². The number of hydrogen-bond donors (Lipinski definition) is 1. The first-order chi connectivity index (χ1) is 11.1. The zero-order valence-electron chi connectivity index (χ0n) is 12.9. The Morgan fingerprint density at radius 2 is 2.13 bits per heavy atom. The van der Waals surface area contributed by atoms with Crippen molar-refractivity contribution >= 4 is 34.4 Å². The molecule has 0 bridgehead atoms. The van der Waals surface area contributed by atoms with Crippen LogP contribution in [0.5, 0.6) is 0 Å². The maximum atomic E-state index is 12.1. The molecule has 0 unspecified atom stereocenters. The number of nitrogens with zero attached hydrogens (tertiary/aromatic N) is 3. The standard InChI is InChI=1S/C17H16N4OS/c1-10-14-16(23-9-13(22)19-17(14)21(2)20-10)12-7-3-5-11-6-4-8-18-15(11)12/h3-8,16H,9H2,1-2H3,(H,19,22)/t16-/m1/s1. The molecule has 0 spiro atoms. The minimum atomic E-state index is 0.00921. The number of pyridine rings is 1. The fourth-order valence-corrected chi connectivity index (χ4v) is 4.34. The van der Waals surface area contributed by atoms with E-state index in [2.05, 4.69) is 33.6 Å². The molecule has 23 heavy (non-hydrogen) atoms. The predicted octanol–water partition coefficient (Wildman–Crippen LogP) is 3.05. The molecule has 0 saturated carbocycles. The van der Waals surface area contributed by atoms with E-state index in [1.54, 1.807) is 16.4 Å². The fourth-order valence-electron chi connectivity index (χ4n) is 3.13. The quantitative estimate of drug-likeness (QED) is 0.747. The maximum absolute atomic E-state index is 12.1. The van der Waals surface area contributed by atoms with Crippen LogP contribution in [0, 0.1) is 6.92 Å². The number of aryl methyl sites for hydroxylation is 2. The first-order valence-electron chi connectivity index (χ1n) is 7.43. The van der Waals surface area contributed by atoms with Crippen LogP contribution in [0.4, 0.5) is 5.82 Å². The first kappa shape index (κ1) is 14.3. The van der Waals surface area contributed by atoms with Crippen molar-refractivity contribution in [2.24, 2.45) is 7.05 Å². The van der Waals surface area contributed by atoms with E-state index in [0.29, 0.717) is 5.75 Å². The highest BCUT2D eigenvalue weighted by atomic mass is 32.2. The molecule has 1 aliphatic rings. The van der Waals surface area contributed by atoms with E-state index in [-0.39, 0.29) is 11.2 Å². The number of carbonyl (C=O) groups is 1. The van der Waals surface area contributed by atoms with Gasteiger partial charge in [0.15, 0.2) is 0 Å². The molecule has 1 N–H and O–H groups in total. The van der Waals surface area contributed by atoms with Gasteiger partial charge in [0.25, 0.3) is 0 Å². The van der Waals surface area contributed by atoms with Crippen LogP contribution < -0.4 is 5.32 Å². The van der Waals surface area contributed by atoms with Gasteiger partial charge in [-0.05, 0) is 18.6 Å². The molecule has 4 rings (SSSR count).